The molecule has 0 bridgehead atoms. The first kappa shape index (κ1) is 13.0. The number of phenols is 1. The van der Waals surface area contributed by atoms with E-state index in [1.807, 2.05) is 32.0 Å². The van der Waals surface area contributed by atoms with Gasteiger partial charge in [0.05, 0.1) is 0 Å². The standard InChI is InChI=1S/C15H16N2O2/c1-10-6-7-13(8-11(10)2)17-15(19)16-12-4-3-5-14(18)9-12/h3-9,18H,1-2H3,(H2,16,17,19). The van der Waals surface area contributed by atoms with E-state index in [2.05, 4.69) is 10.6 Å². The monoisotopic (exact) mass is 256 g/mol. The second kappa shape index (κ2) is 5.44. The Hall–Kier alpha value is -2.49. The summed E-state index contributed by atoms with van der Waals surface area (Å²) in [6.45, 7) is 4.01. The average molecular weight is 256 g/mol. The number of anilines is 2. The van der Waals surface area contributed by atoms with Gasteiger partial charge in [0, 0.05) is 17.4 Å². The van der Waals surface area contributed by atoms with Crippen molar-refractivity contribution in [2.24, 2.45) is 0 Å². The van der Waals surface area contributed by atoms with Crippen LogP contribution in [0.25, 0.3) is 0 Å². The van der Waals surface area contributed by atoms with Gasteiger partial charge in [0.2, 0.25) is 0 Å². The topological polar surface area (TPSA) is 61.4 Å². The first-order valence-electron chi connectivity index (χ1n) is 5.99. The molecule has 0 saturated carbocycles. The molecule has 19 heavy (non-hydrogen) atoms. The molecule has 0 fully saturated rings. The van der Waals surface area contributed by atoms with Crippen LogP contribution in [0.3, 0.4) is 0 Å². The van der Waals surface area contributed by atoms with E-state index in [0.29, 0.717) is 5.69 Å². The normalized spacial score (nSPS) is 10.0. The number of aryl methyl sites for hydroxylation is 2. The van der Waals surface area contributed by atoms with Crippen LogP contribution in [0.4, 0.5) is 16.2 Å². The number of rotatable bonds is 2. The molecule has 0 heterocycles. The van der Waals surface area contributed by atoms with Gasteiger partial charge in [-0.15, -0.1) is 0 Å². The zero-order valence-corrected chi connectivity index (χ0v) is 10.9. The molecule has 0 saturated heterocycles. The molecule has 2 rings (SSSR count). The number of carbonyl (C=O) groups excluding carboxylic acids is 1. The number of phenolic OH excluding ortho intramolecular Hbond substituents is 1. The molecule has 3 N–H and O–H groups in total. The van der Waals surface area contributed by atoms with E-state index in [4.69, 9.17) is 0 Å². The van der Waals surface area contributed by atoms with Crippen molar-refractivity contribution < 1.29 is 9.90 Å². The first-order valence-corrected chi connectivity index (χ1v) is 5.99. The summed E-state index contributed by atoms with van der Waals surface area (Å²) in [6, 6.07) is 11.8. The molecule has 0 aliphatic rings. The summed E-state index contributed by atoms with van der Waals surface area (Å²) >= 11 is 0. The van der Waals surface area contributed by atoms with Crippen LogP contribution < -0.4 is 10.6 Å². The van der Waals surface area contributed by atoms with E-state index in [0.717, 1.165) is 11.3 Å². The Kier molecular flexibility index (Phi) is 3.71. The fraction of sp³-hybridized carbons (Fsp3) is 0.133. The third-order valence-electron chi connectivity index (χ3n) is 2.87. The summed E-state index contributed by atoms with van der Waals surface area (Å²) < 4.78 is 0. The van der Waals surface area contributed by atoms with Gasteiger partial charge in [-0.1, -0.05) is 12.1 Å². The van der Waals surface area contributed by atoms with Crippen molar-refractivity contribution in [2.45, 2.75) is 13.8 Å². The summed E-state index contributed by atoms with van der Waals surface area (Å²) in [4.78, 5) is 11.8. The molecule has 2 amide bonds. The van der Waals surface area contributed by atoms with E-state index in [1.165, 1.54) is 11.6 Å². The number of carbonyl (C=O) groups is 1. The quantitative estimate of drug-likeness (QED) is 0.768. The molecule has 0 atom stereocenters. The number of benzene rings is 2. The second-order valence-electron chi connectivity index (χ2n) is 4.43. The van der Waals surface area contributed by atoms with Crippen LogP contribution in [0.5, 0.6) is 5.75 Å². The van der Waals surface area contributed by atoms with E-state index in [9.17, 15) is 9.90 Å². The molecule has 0 aliphatic heterocycles. The lowest BCUT2D eigenvalue weighted by atomic mass is 10.1. The highest BCUT2D eigenvalue weighted by Gasteiger charge is 2.04. The molecule has 0 aromatic heterocycles. The molecule has 4 nitrogen and oxygen atoms in total. The lowest BCUT2D eigenvalue weighted by Crippen LogP contribution is -2.19. The van der Waals surface area contributed by atoms with Crippen molar-refractivity contribution in [1.29, 1.82) is 0 Å². The van der Waals surface area contributed by atoms with Crippen LogP contribution in [0, 0.1) is 13.8 Å². The first-order chi connectivity index (χ1) is 9.04. The third kappa shape index (κ3) is 3.48. The van der Waals surface area contributed by atoms with E-state index in [1.54, 1.807) is 18.2 Å². The number of aromatic hydroxyl groups is 1. The van der Waals surface area contributed by atoms with Gasteiger partial charge in [-0.2, -0.15) is 0 Å². The van der Waals surface area contributed by atoms with E-state index < -0.39 is 0 Å². The van der Waals surface area contributed by atoms with Crippen molar-refractivity contribution in [2.75, 3.05) is 10.6 Å². The second-order valence-corrected chi connectivity index (χ2v) is 4.43. The molecule has 98 valence electrons. The SMILES string of the molecule is Cc1ccc(NC(=O)Nc2cccc(O)c2)cc1C. The van der Waals surface area contributed by atoms with Crippen molar-refractivity contribution >= 4 is 17.4 Å². The Morgan fingerprint density at radius 3 is 2.26 bits per heavy atom. The van der Waals surface area contributed by atoms with Gasteiger partial charge in [-0.3, -0.25) is 0 Å². The van der Waals surface area contributed by atoms with Gasteiger partial charge < -0.3 is 15.7 Å². The Balaban J connectivity index is 2.03. The van der Waals surface area contributed by atoms with Crippen LogP contribution in [-0.4, -0.2) is 11.1 Å². The largest absolute Gasteiger partial charge is 0.508 e. The highest BCUT2D eigenvalue weighted by atomic mass is 16.3. The van der Waals surface area contributed by atoms with Crippen molar-refractivity contribution in [3.8, 4) is 5.75 Å². The fourth-order valence-corrected chi connectivity index (χ4v) is 1.70. The highest BCUT2D eigenvalue weighted by molar-refractivity contribution is 5.99. The molecular weight excluding hydrogens is 240 g/mol. The van der Waals surface area contributed by atoms with E-state index >= 15 is 0 Å². The Morgan fingerprint density at radius 1 is 0.947 bits per heavy atom. The minimum atomic E-state index is -0.339. The summed E-state index contributed by atoms with van der Waals surface area (Å²) in [6.07, 6.45) is 0. The molecule has 0 spiro atoms. The van der Waals surface area contributed by atoms with Crippen LogP contribution in [0.15, 0.2) is 42.5 Å². The maximum atomic E-state index is 11.8. The maximum Gasteiger partial charge on any atom is 0.323 e. The highest BCUT2D eigenvalue weighted by Crippen LogP contribution is 2.17. The number of nitrogens with one attached hydrogen (secondary N) is 2. The minimum Gasteiger partial charge on any atom is -0.508 e. The van der Waals surface area contributed by atoms with Crippen molar-refractivity contribution in [3.05, 3.63) is 53.6 Å². The van der Waals surface area contributed by atoms with Crippen LogP contribution in [0.1, 0.15) is 11.1 Å². The maximum absolute atomic E-state index is 11.8. The Morgan fingerprint density at radius 2 is 1.63 bits per heavy atom. The molecule has 0 radical (unpaired) electrons. The smallest absolute Gasteiger partial charge is 0.323 e. The fourth-order valence-electron chi connectivity index (χ4n) is 1.70. The molecule has 0 aliphatic carbocycles. The number of urea groups is 1. The van der Waals surface area contributed by atoms with Gasteiger partial charge in [0.1, 0.15) is 5.75 Å². The molecule has 2 aromatic carbocycles. The van der Waals surface area contributed by atoms with Gasteiger partial charge in [-0.05, 0) is 49.2 Å². The zero-order valence-electron chi connectivity index (χ0n) is 10.9. The zero-order chi connectivity index (χ0) is 13.8. The number of hydrogen-bond donors (Lipinski definition) is 3. The Bertz CT molecular complexity index is 609. The summed E-state index contributed by atoms with van der Waals surface area (Å²) in [5, 5.41) is 14.7. The third-order valence-corrected chi connectivity index (χ3v) is 2.87. The molecular formula is C15H16N2O2. The lowest BCUT2D eigenvalue weighted by molar-refractivity contribution is 0.262. The lowest BCUT2D eigenvalue weighted by Gasteiger charge is -2.09. The van der Waals surface area contributed by atoms with Gasteiger partial charge in [0.15, 0.2) is 0 Å². The molecule has 4 heteroatoms. The minimum absolute atomic E-state index is 0.115. The van der Waals surface area contributed by atoms with E-state index in [-0.39, 0.29) is 11.8 Å². The van der Waals surface area contributed by atoms with Gasteiger partial charge in [-0.25, -0.2) is 4.79 Å². The van der Waals surface area contributed by atoms with Gasteiger partial charge in [0.25, 0.3) is 0 Å². The van der Waals surface area contributed by atoms with Crippen LogP contribution in [0.2, 0.25) is 0 Å². The van der Waals surface area contributed by atoms with Crippen molar-refractivity contribution in [1.82, 2.24) is 0 Å². The summed E-state index contributed by atoms with van der Waals surface area (Å²) in [5.41, 5.74) is 3.58. The number of hydrogen-bond acceptors (Lipinski definition) is 2. The van der Waals surface area contributed by atoms with Crippen LogP contribution >= 0.6 is 0 Å². The predicted molar refractivity (Wildman–Crippen MR) is 76.7 cm³/mol. The van der Waals surface area contributed by atoms with Gasteiger partial charge >= 0.3 is 6.03 Å². The van der Waals surface area contributed by atoms with Crippen molar-refractivity contribution in [3.63, 3.8) is 0 Å². The molecule has 0 unspecified atom stereocenters. The van der Waals surface area contributed by atoms with Crippen LogP contribution in [-0.2, 0) is 0 Å². The average Bonchev–Trinajstić information content (AvgIpc) is 2.34. The molecule has 2 aromatic rings. The summed E-state index contributed by atoms with van der Waals surface area (Å²) in [5.74, 6) is 0.115. The predicted octanol–water partition coefficient (Wildman–Crippen LogP) is 3.65. The Labute approximate surface area is 112 Å². The number of amides is 2. The summed E-state index contributed by atoms with van der Waals surface area (Å²) in [7, 11) is 0.